The average Bonchev–Trinajstić information content (AvgIpc) is 3.66. The Hall–Kier alpha value is -3.02. The molecule has 1 spiro atoms. The molecule has 1 N–H and O–H groups in total. The first-order valence-corrected chi connectivity index (χ1v) is 17.2. The summed E-state index contributed by atoms with van der Waals surface area (Å²) in [4.78, 5) is 60.4. The van der Waals surface area contributed by atoms with E-state index in [4.69, 9.17) is 9.47 Å². The Labute approximate surface area is 280 Å². The van der Waals surface area contributed by atoms with Crippen LogP contribution in [0.15, 0.2) is 55.6 Å². The zero-order valence-corrected chi connectivity index (χ0v) is 28.9. The van der Waals surface area contributed by atoms with Crippen LogP contribution in [0.2, 0.25) is 0 Å². The molecule has 4 rings (SSSR count). The molecule has 1 aromatic carbocycles. The molecule has 3 amide bonds. The number of unbranched alkanes of at least 4 members (excludes halogenated alkanes) is 1. The van der Waals surface area contributed by atoms with Gasteiger partial charge in [-0.15, -0.1) is 13.2 Å². The Kier molecular flexibility index (Phi) is 11.9. The predicted octanol–water partition coefficient (Wildman–Crippen LogP) is 4.03. The number of benzene rings is 1. The third-order valence-corrected chi connectivity index (χ3v) is 10.6. The topological polar surface area (TPSA) is 117 Å². The number of amides is 3. The van der Waals surface area contributed by atoms with E-state index in [0.29, 0.717) is 31.5 Å². The number of carbonyl (C=O) groups excluding carboxylic acids is 4. The fourth-order valence-corrected chi connectivity index (χ4v) is 8.21. The number of aliphatic hydroxyl groups is 1. The smallest absolute Gasteiger partial charge is 0.313 e. The molecule has 3 aliphatic heterocycles. The number of likely N-dealkylation sites (tertiary alicyclic amines) is 1. The molecular formula is C35H48BrN3O7. The second-order valence-corrected chi connectivity index (χ2v) is 13.9. The number of halogens is 1. The largest absolute Gasteiger partial charge is 0.455 e. The molecule has 0 aromatic heterocycles. The molecule has 252 valence electrons. The number of hydrogen-bond acceptors (Lipinski definition) is 7. The molecule has 1 unspecified atom stereocenters. The second kappa shape index (κ2) is 15.3. The Morgan fingerprint density at radius 1 is 1.22 bits per heavy atom. The molecule has 1 aromatic rings. The normalized spacial score (nSPS) is 28.3. The Balaban J connectivity index is 1.71. The quantitative estimate of drug-likeness (QED) is 0.157. The lowest BCUT2D eigenvalue weighted by Gasteiger charge is -2.38. The van der Waals surface area contributed by atoms with Gasteiger partial charge < -0.3 is 29.3 Å². The van der Waals surface area contributed by atoms with Gasteiger partial charge in [-0.25, -0.2) is 0 Å². The second-order valence-electron chi connectivity index (χ2n) is 12.7. The van der Waals surface area contributed by atoms with Crippen LogP contribution in [-0.4, -0.2) is 105 Å². The number of allylic oxidation sites excluding steroid dienone is 1. The van der Waals surface area contributed by atoms with Gasteiger partial charge in [-0.3, -0.25) is 19.2 Å². The van der Waals surface area contributed by atoms with Crippen molar-refractivity contribution in [2.75, 3.05) is 26.7 Å². The number of hydrogen-bond donors (Lipinski definition) is 1. The molecule has 2 bridgehead atoms. The maximum Gasteiger partial charge on any atom is 0.313 e. The van der Waals surface area contributed by atoms with Crippen LogP contribution < -0.4 is 0 Å². The summed E-state index contributed by atoms with van der Waals surface area (Å²) in [5, 5.41) is 10.2. The van der Waals surface area contributed by atoms with Gasteiger partial charge in [0.05, 0.1) is 36.6 Å². The van der Waals surface area contributed by atoms with Crippen molar-refractivity contribution in [3.63, 3.8) is 0 Å². The molecule has 11 heteroatoms. The SMILES string of the molecule is C=CCCC(=O)N(C)[C@@H](C)[C@@H](OC(=O)[C@H]1[C@@H]2O[C@@]3(CC2Br)[C@@H]1C(=O)N([C@H](C)CO)[C@@H]3C(=O)N(CC=C)CCCC)c1ccccc1. The molecule has 10 nitrogen and oxygen atoms in total. The van der Waals surface area contributed by atoms with Crippen molar-refractivity contribution in [2.45, 2.75) is 93.6 Å². The van der Waals surface area contributed by atoms with Crippen LogP contribution in [0.1, 0.15) is 64.5 Å². The van der Waals surface area contributed by atoms with Crippen LogP contribution in [0.5, 0.6) is 0 Å². The first kappa shape index (κ1) is 35.8. The lowest BCUT2D eigenvalue weighted by Crippen LogP contribution is -2.58. The first-order chi connectivity index (χ1) is 22.0. The minimum Gasteiger partial charge on any atom is -0.455 e. The van der Waals surface area contributed by atoms with E-state index in [2.05, 4.69) is 29.1 Å². The van der Waals surface area contributed by atoms with E-state index in [9.17, 15) is 24.3 Å². The van der Waals surface area contributed by atoms with Crippen LogP contribution in [0, 0.1) is 11.8 Å². The highest BCUT2D eigenvalue weighted by molar-refractivity contribution is 9.09. The number of ether oxygens (including phenoxy) is 2. The van der Waals surface area contributed by atoms with Crippen LogP contribution in [0.3, 0.4) is 0 Å². The summed E-state index contributed by atoms with van der Waals surface area (Å²) in [5.74, 6) is -3.40. The summed E-state index contributed by atoms with van der Waals surface area (Å²) in [7, 11) is 1.68. The third kappa shape index (κ3) is 6.55. The van der Waals surface area contributed by atoms with Crippen LogP contribution >= 0.6 is 15.9 Å². The molecule has 3 aliphatic rings. The zero-order valence-electron chi connectivity index (χ0n) is 27.3. The Morgan fingerprint density at radius 3 is 2.52 bits per heavy atom. The molecule has 46 heavy (non-hydrogen) atoms. The fraction of sp³-hybridized carbons (Fsp3) is 0.600. The van der Waals surface area contributed by atoms with Gasteiger partial charge in [0, 0.05) is 31.4 Å². The lowest BCUT2D eigenvalue weighted by atomic mass is 9.70. The van der Waals surface area contributed by atoms with Crippen LogP contribution in [-0.2, 0) is 28.7 Å². The molecule has 0 aliphatic carbocycles. The summed E-state index contributed by atoms with van der Waals surface area (Å²) >= 11 is 3.71. The molecule has 9 atom stereocenters. The van der Waals surface area contributed by atoms with Gasteiger partial charge in [-0.05, 0) is 38.7 Å². The summed E-state index contributed by atoms with van der Waals surface area (Å²) in [5.41, 5.74) is -0.574. The molecule has 0 radical (unpaired) electrons. The van der Waals surface area contributed by atoms with Crippen molar-refractivity contribution < 1.29 is 33.8 Å². The summed E-state index contributed by atoms with van der Waals surface area (Å²) in [6.45, 7) is 13.5. The Morgan fingerprint density at radius 2 is 1.91 bits per heavy atom. The van der Waals surface area contributed by atoms with E-state index in [1.165, 1.54) is 4.90 Å². The van der Waals surface area contributed by atoms with Crippen molar-refractivity contribution in [1.29, 1.82) is 0 Å². The van der Waals surface area contributed by atoms with E-state index in [1.54, 1.807) is 35.9 Å². The van der Waals surface area contributed by atoms with Crippen LogP contribution in [0.4, 0.5) is 0 Å². The van der Waals surface area contributed by atoms with Gasteiger partial charge in [-0.1, -0.05) is 71.8 Å². The van der Waals surface area contributed by atoms with Crippen LogP contribution in [0.25, 0.3) is 0 Å². The van der Waals surface area contributed by atoms with E-state index < -0.39 is 59.6 Å². The number of nitrogens with zero attached hydrogens (tertiary/aromatic N) is 3. The molecular weight excluding hydrogens is 654 g/mol. The number of fused-ring (bicyclic) bond motifs is 1. The summed E-state index contributed by atoms with van der Waals surface area (Å²) in [6.07, 6.45) is 4.61. The number of esters is 1. The minimum absolute atomic E-state index is 0.111. The average molecular weight is 703 g/mol. The maximum atomic E-state index is 14.4. The predicted molar refractivity (Wildman–Crippen MR) is 178 cm³/mol. The standard InChI is InChI=1S/C35H48BrN3O7/c1-7-10-17-26(41)37(6)23(5)29(24-15-13-12-14-16-24)45-34(44)27-28-32(42)39(22(4)21-40)31(35(28)20-25(36)30(27)46-35)33(43)38(18-9-3)19-11-8-2/h7,9,12-16,22-23,25,27-31,40H,1,3,8,10-11,17-21H2,2,4-6H3/t22-,23+,25?,27-,28+,29-,30-,31-,35+/m1/s1. The number of rotatable bonds is 16. The van der Waals surface area contributed by atoms with E-state index in [-0.39, 0.29) is 29.7 Å². The van der Waals surface area contributed by atoms with Gasteiger partial charge in [0.25, 0.3) is 0 Å². The van der Waals surface area contributed by atoms with Crippen molar-refractivity contribution in [1.82, 2.24) is 14.7 Å². The minimum atomic E-state index is -1.28. The first-order valence-electron chi connectivity index (χ1n) is 16.3. The molecule has 3 heterocycles. The van der Waals surface area contributed by atoms with Gasteiger partial charge in [0.2, 0.25) is 17.7 Å². The molecule has 3 fully saturated rings. The highest BCUT2D eigenvalue weighted by Gasteiger charge is 2.77. The maximum absolute atomic E-state index is 14.4. The monoisotopic (exact) mass is 701 g/mol. The molecule has 3 saturated heterocycles. The van der Waals surface area contributed by atoms with Gasteiger partial charge >= 0.3 is 5.97 Å². The van der Waals surface area contributed by atoms with E-state index in [1.807, 2.05) is 44.2 Å². The highest BCUT2D eigenvalue weighted by atomic mass is 79.9. The van der Waals surface area contributed by atoms with E-state index >= 15 is 0 Å². The van der Waals surface area contributed by atoms with Crippen molar-refractivity contribution in [2.24, 2.45) is 11.8 Å². The van der Waals surface area contributed by atoms with Crippen molar-refractivity contribution >= 4 is 39.6 Å². The number of likely N-dealkylation sites (N-methyl/N-ethyl adjacent to an activating group) is 1. The van der Waals surface area contributed by atoms with Crippen molar-refractivity contribution in [3.8, 4) is 0 Å². The zero-order chi connectivity index (χ0) is 33.8. The van der Waals surface area contributed by atoms with Gasteiger partial charge in [0.1, 0.15) is 17.7 Å². The number of alkyl halides is 1. The summed E-state index contributed by atoms with van der Waals surface area (Å²) < 4.78 is 12.9. The van der Waals surface area contributed by atoms with Gasteiger partial charge in [-0.2, -0.15) is 0 Å². The molecule has 0 saturated carbocycles. The third-order valence-electron chi connectivity index (χ3n) is 9.79. The van der Waals surface area contributed by atoms with E-state index in [0.717, 1.165) is 12.8 Å². The lowest BCUT2D eigenvalue weighted by molar-refractivity contribution is -0.165. The van der Waals surface area contributed by atoms with Crippen molar-refractivity contribution in [3.05, 3.63) is 61.2 Å². The summed E-state index contributed by atoms with van der Waals surface area (Å²) in [6, 6.07) is 6.98. The highest BCUT2D eigenvalue weighted by Crippen LogP contribution is 2.61. The number of aliphatic hydroxyl groups excluding tert-OH is 1. The fourth-order valence-electron chi connectivity index (χ4n) is 7.27. The van der Waals surface area contributed by atoms with Gasteiger partial charge in [0.15, 0.2) is 0 Å². The number of carbonyl (C=O) groups is 4. The Bertz CT molecular complexity index is 1290.